The molecule has 0 fully saturated rings. The minimum absolute atomic E-state index is 0.258. The van der Waals surface area contributed by atoms with Gasteiger partial charge in [-0.1, -0.05) is 24.3 Å². The van der Waals surface area contributed by atoms with Gasteiger partial charge in [-0.3, -0.25) is 0 Å². The van der Waals surface area contributed by atoms with Crippen LogP contribution in [0.2, 0.25) is 0 Å². The Hall–Kier alpha value is -3.19. The van der Waals surface area contributed by atoms with Gasteiger partial charge < -0.3 is 20.4 Å². The number of ether oxygens (including phenoxy) is 1. The first-order valence-electron chi connectivity index (χ1n) is 8.51. The molecule has 0 radical (unpaired) electrons. The van der Waals surface area contributed by atoms with Crippen molar-refractivity contribution in [3.05, 3.63) is 77.6 Å². The topological polar surface area (TPSA) is 77.5 Å². The van der Waals surface area contributed by atoms with Gasteiger partial charge in [0.1, 0.15) is 11.6 Å². The van der Waals surface area contributed by atoms with Crippen molar-refractivity contribution in [2.24, 2.45) is 10.7 Å². The summed E-state index contributed by atoms with van der Waals surface area (Å²) in [6.07, 6.45) is 3.37. The Labute approximate surface area is 157 Å². The van der Waals surface area contributed by atoms with Crippen molar-refractivity contribution in [1.29, 1.82) is 0 Å². The first-order valence-corrected chi connectivity index (χ1v) is 8.51. The molecule has 3 rings (SSSR count). The number of aromatic nitrogens is 2. The van der Waals surface area contributed by atoms with Crippen LogP contribution in [0.25, 0.3) is 5.69 Å². The first kappa shape index (κ1) is 18.6. The highest BCUT2D eigenvalue weighted by Crippen LogP contribution is 2.18. The molecule has 6 nitrogen and oxygen atoms in total. The third-order valence-corrected chi connectivity index (χ3v) is 4.11. The van der Waals surface area contributed by atoms with Crippen LogP contribution in [0.5, 0.6) is 0 Å². The van der Waals surface area contributed by atoms with E-state index < -0.39 is 0 Å². The summed E-state index contributed by atoms with van der Waals surface area (Å²) in [6.45, 7) is 2.56. The second kappa shape index (κ2) is 8.46. The fourth-order valence-electron chi connectivity index (χ4n) is 2.75. The number of aryl methyl sites for hydroxylation is 1. The Kier molecular flexibility index (Phi) is 5.83. The van der Waals surface area contributed by atoms with Crippen molar-refractivity contribution in [2.45, 2.75) is 20.1 Å². The molecule has 0 aliphatic carbocycles. The molecule has 2 aromatic carbocycles. The summed E-state index contributed by atoms with van der Waals surface area (Å²) < 4.78 is 21.3. The van der Waals surface area contributed by atoms with Crippen LogP contribution in [0.15, 0.2) is 59.9 Å². The predicted octanol–water partition coefficient (Wildman–Crippen LogP) is 3.39. The van der Waals surface area contributed by atoms with Gasteiger partial charge in [0.05, 0.1) is 18.8 Å². The number of aliphatic imine (C=N–C) groups is 1. The highest BCUT2D eigenvalue weighted by molar-refractivity contribution is 5.92. The van der Waals surface area contributed by atoms with E-state index in [1.165, 1.54) is 6.07 Å². The molecule has 0 spiro atoms. The molecule has 0 bridgehead atoms. The second-order valence-corrected chi connectivity index (χ2v) is 6.05. The lowest BCUT2D eigenvalue weighted by Crippen LogP contribution is -2.23. The molecular weight excluding hydrogens is 345 g/mol. The Morgan fingerprint density at radius 2 is 2.11 bits per heavy atom. The van der Waals surface area contributed by atoms with Crippen LogP contribution in [0.4, 0.5) is 10.1 Å². The lowest BCUT2D eigenvalue weighted by molar-refractivity contribution is 0.185. The van der Waals surface area contributed by atoms with Crippen molar-refractivity contribution in [2.75, 3.05) is 12.4 Å². The van der Waals surface area contributed by atoms with Crippen LogP contribution in [-0.4, -0.2) is 22.6 Å². The zero-order chi connectivity index (χ0) is 19.2. The number of imidazole rings is 1. The van der Waals surface area contributed by atoms with Crippen molar-refractivity contribution in [1.82, 2.24) is 9.55 Å². The number of anilines is 1. The number of nitrogens with one attached hydrogen (secondary N) is 1. The van der Waals surface area contributed by atoms with E-state index in [1.54, 1.807) is 30.1 Å². The van der Waals surface area contributed by atoms with Gasteiger partial charge in [0, 0.05) is 30.8 Å². The lowest BCUT2D eigenvalue weighted by atomic mass is 10.2. The molecule has 0 aliphatic rings. The quantitative estimate of drug-likeness (QED) is 0.517. The molecule has 3 aromatic rings. The molecule has 0 atom stereocenters. The first-order chi connectivity index (χ1) is 13.1. The van der Waals surface area contributed by atoms with Crippen LogP contribution in [-0.2, 0) is 17.9 Å². The molecule has 1 heterocycles. The van der Waals surface area contributed by atoms with Crippen molar-refractivity contribution >= 4 is 11.6 Å². The van der Waals surface area contributed by atoms with Crippen LogP contribution in [0.1, 0.15) is 17.0 Å². The smallest absolute Gasteiger partial charge is 0.193 e. The molecule has 0 unspecified atom stereocenters. The van der Waals surface area contributed by atoms with Crippen molar-refractivity contribution in [3.63, 3.8) is 0 Å². The van der Waals surface area contributed by atoms with Gasteiger partial charge in [0.2, 0.25) is 0 Å². The maximum Gasteiger partial charge on any atom is 0.193 e. The van der Waals surface area contributed by atoms with Gasteiger partial charge in [-0.05, 0) is 30.7 Å². The molecule has 1 aromatic heterocycles. The summed E-state index contributed by atoms with van der Waals surface area (Å²) >= 11 is 0. The Morgan fingerprint density at radius 3 is 2.81 bits per heavy atom. The highest BCUT2D eigenvalue weighted by atomic mass is 19.1. The zero-order valence-electron chi connectivity index (χ0n) is 15.3. The third kappa shape index (κ3) is 4.51. The normalized spacial score (nSPS) is 11.6. The summed E-state index contributed by atoms with van der Waals surface area (Å²) in [7, 11) is 1.64. The minimum atomic E-state index is -0.333. The Morgan fingerprint density at radius 1 is 1.30 bits per heavy atom. The standard InChI is InChI=1S/C20H22FN5O/c1-14-23-9-10-26(14)19-8-7-15(11-17(19)21)12-24-20(22)25-18-6-4-3-5-16(18)13-27-2/h3-11H,12-13H2,1-2H3,(H3,22,24,25). The maximum atomic E-state index is 14.4. The van der Waals surface area contributed by atoms with Crippen LogP contribution >= 0.6 is 0 Å². The van der Waals surface area contributed by atoms with Gasteiger partial charge in [-0.15, -0.1) is 0 Å². The van der Waals surface area contributed by atoms with E-state index in [2.05, 4.69) is 15.3 Å². The summed E-state index contributed by atoms with van der Waals surface area (Å²) in [5.41, 5.74) is 8.96. The van der Waals surface area contributed by atoms with Crippen LogP contribution in [0, 0.1) is 12.7 Å². The molecule has 0 saturated carbocycles. The summed E-state index contributed by atoms with van der Waals surface area (Å²) in [4.78, 5) is 8.42. The number of halogens is 1. The van der Waals surface area contributed by atoms with E-state index in [0.29, 0.717) is 12.3 Å². The molecule has 140 valence electrons. The van der Waals surface area contributed by atoms with Gasteiger partial charge in [-0.2, -0.15) is 0 Å². The molecule has 3 N–H and O–H groups in total. The lowest BCUT2D eigenvalue weighted by Gasteiger charge is -2.11. The van der Waals surface area contributed by atoms with Crippen molar-refractivity contribution in [3.8, 4) is 5.69 Å². The third-order valence-electron chi connectivity index (χ3n) is 4.11. The number of rotatable bonds is 6. The van der Waals surface area contributed by atoms with E-state index >= 15 is 0 Å². The van der Waals surface area contributed by atoms with Gasteiger partial charge in [0.15, 0.2) is 5.96 Å². The Bertz CT molecular complexity index is 951. The van der Waals surface area contributed by atoms with E-state index in [9.17, 15) is 4.39 Å². The van der Waals surface area contributed by atoms with E-state index in [-0.39, 0.29) is 18.3 Å². The molecule has 7 heteroatoms. The summed E-state index contributed by atoms with van der Waals surface area (Å²) in [5, 5.41) is 3.06. The average molecular weight is 367 g/mol. The number of nitrogens with two attached hydrogens (primary N) is 1. The number of hydrogen-bond acceptors (Lipinski definition) is 3. The highest BCUT2D eigenvalue weighted by Gasteiger charge is 2.08. The van der Waals surface area contributed by atoms with Gasteiger partial charge >= 0.3 is 0 Å². The number of para-hydroxylation sites is 1. The fraction of sp³-hybridized carbons (Fsp3) is 0.200. The zero-order valence-corrected chi connectivity index (χ0v) is 15.3. The molecular formula is C20H22FN5O. The fourth-order valence-corrected chi connectivity index (χ4v) is 2.75. The molecule has 0 amide bonds. The van der Waals surface area contributed by atoms with E-state index in [4.69, 9.17) is 10.5 Å². The number of hydrogen-bond donors (Lipinski definition) is 2. The van der Waals surface area contributed by atoms with Crippen LogP contribution in [0.3, 0.4) is 0 Å². The number of methoxy groups -OCH3 is 1. The minimum Gasteiger partial charge on any atom is -0.380 e. The monoisotopic (exact) mass is 367 g/mol. The Balaban J connectivity index is 1.71. The SMILES string of the molecule is COCc1ccccc1NC(N)=NCc1ccc(-n2ccnc2C)c(F)c1. The number of benzene rings is 2. The molecule has 0 saturated heterocycles. The number of nitrogens with zero attached hydrogens (tertiary/aromatic N) is 3. The number of guanidine groups is 1. The average Bonchev–Trinajstić information content (AvgIpc) is 3.08. The second-order valence-electron chi connectivity index (χ2n) is 6.05. The van der Waals surface area contributed by atoms with E-state index in [0.717, 1.165) is 22.6 Å². The maximum absolute atomic E-state index is 14.4. The van der Waals surface area contributed by atoms with E-state index in [1.807, 2.05) is 37.3 Å². The van der Waals surface area contributed by atoms with Gasteiger partial charge in [-0.25, -0.2) is 14.4 Å². The summed E-state index contributed by atoms with van der Waals surface area (Å²) in [6, 6.07) is 12.7. The molecule has 27 heavy (non-hydrogen) atoms. The molecule has 0 aliphatic heterocycles. The van der Waals surface area contributed by atoms with Crippen LogP contribution < -0.4 is 11.1 Å². The van der Waals surface area contributed by atoms with Gasteiger partial charge in [0.25, 0.3) is 0 Å². The largest absolute Gasteiger partial charge is 0.380 e. The summed E-state index contributed by atoms with van der Waals surface area (Å²) in [5.74, 6) is 0.650. The van der Waals surface area contributed by atoms with Crippen molar-refractivity contribution < 1.29 is 9.13 Å². The predicted molar refractivity (Wildman–Crippen MR) is 104 cm³/mol.